The van der Waals surface area contributed by atoms with E-state index in [-0.39, 0.29) is 30.1 Å². The van der Waals surface area contributed by atoms with E-state index in [9.17, 15) is 14.4 Å². The van der Waals surface area contributed by atoms with Crippen LogP contribution in [0.25, 0.3) is 0 Å². The quantitative estimate of drug-likeness (QED) is 0.568. The molecule has 2 heterocycles. The third-order valence-corrected chi connectivity index (χ3v) is 6.48. The average Bonchev–Trinajstić information content (AvgIpc) is 2.86. The maximum Gasteiger partial charge on any atom is 0.276 e. The number of hydrogen-bond donors (Lipinski definition) is 1. The fourth-order valence-corrected chi connectivity index (χ4v) is 4.10. The Kier molecular flexibility index (Phi) is 7.51. The molecule has 3 aromatic rings. The molecule has 1 fully saturated rings. The second-order valence-corrected chi connectivity index (χ2v) is 9.06. The topological polar surface area (TPSA) is 87.5 Å². The predicted octanol–water partition coefficient (Wildman–Crippen LogP) is 3.50. The lowest BCUT2D eigenvalue weighted by atomic mass is 10.1. The molecule has 1 aliphatic rings. The van der Waals surface area contributed by atoms with Crippen LogP contribution < -0.4 is 15.8 Å². The monoisotopic (exact) mass is 493 g/mol. The first-order chi connectivity index (χ1) is 16.8. The van der Waals surface area contributed by atoms with Crippen molar-refractivity contribution in [1.29, 1.82) is 0 Å². The second kappa shape index (κ2) is 10.7. The molecule has 0 spiro atoms. The highest BCUT2D eigenvalue weighted by molar-refractivity contribution is 6.30. The van der Waals surface area contributed by atoms with E-state index in [1.807, 2.05) is 56.3 Å². The largest absolute Gasteiger partial charge is 0.368 e. The lowest BCUT2D eigenvalue weighted by Crippen LogP contribution is -2.49. The zero-order chi connectivity index (χ0) is 24.9. The highest BCUT2D eigenvalue weighted by Gasteiger charge is 2.21. The number of nitrogens with one attached hydrogen (secondary N) is 1. The smallest absolute Gasteiger partial charge is 0.276 e. The number of carbonyl (C=O) groups excluding carboxylic acids is 2. The number of aromatic nitrogens is 2. The molecule has 0 radical (unpaired) electrons. The van der Waals surface area contributed by atoms with Crippen LogP contribution in [-0.4, -0.2) is 52.7 Å². The van der Waals surface area contributed by atoms with Gasteiger partial charge in [0.2, 0.25) is 5.91 Å². The third-order valence-electron chi connectivity index (χ3n) is 6.23. The Labute approximate surface area is 209 Å². The highest BCUT2D eigenvalue weighted by atomic mass is 35.5. The molecule has 8 nitrogen and oxygen atoms in total. The number of rotatable bonds is 6. The molecule has 1 aliphatic heterocycles. The number of carbonyl (C=O) groups is 2. The van der Waals surface area contributed by atoms with Crippen molar-refractivity contribution < 1.29 is 9.59 Å². The zero-order valence-electron chi connectivity index (χ0n) is 19.8. The van der Waals surface area contributed by atoms with Crippen molar-refractivity contribution in [3.8, 4) is 0 Å². The summed E-state index contributed by atoms with van der Waals surface area (Å²) in [6.45, 7) is 6.72. The number of aryl methyl sites for hydroxylation is 3. The molecule has 1 aromatic heterocycles. The number of anilines is 2. The van der Waals surface area contributed by atoms with Crippen molar-refractivity contribution in [2.75, 3.05) is 36.4 Å². The van der Waals surface area contributed by atoms with Gasteiger partial charge in [0, 0.05) is 55.1 Å². The Bertz CT molecular complexity index is 1280. The van der Waals surface area contributed by atoms with Gasteiger partial charge >= 0.3 is 0 Å². The fraction of sp³-hybridized carbons (Fsp3) is 0.308. The van der Waals surface area contributed by atoms with Crippen molar-refractivity contribution in [3.63, 3.8) is 0 Å². The minimum atomic E-state index is -0.411. The van der Waals surface area contributed by atoms with Gasteiger partial charge in [0.05, 0.1) is 6.54 Å². The molecule has 2 aromatic carbocycles. The molecule has 0 saturated carbocycles. The SMILES string of the molecule is Cc1ccc(NC(=O)c2ccc(=O)n(CCC(=O)N3CCN(c4ccc(Cl)cc4)CC3)n2)cc1C. The molecule has 4 rings (SSSR count). The Morgan fingerprint density at radius 2 is 1.66 bits per heavy atom. The molecule has 9 heteroatoms. The highest BCUT2D eigenvalue weighted by Crippen LogP contribution is 2.20. The van der Waals surface area contributed by atoms with Crippen molar-refractivity contribution in [2.45, 2.75) is 26.8 Å². The first kappa shape index (κ1) is 24.5. The Balaban J connectivity index is 1.33. The Hall–Kier alpha value is -3.65. The van der Waals surface area contributed by atoms with Crippen LogP contribution in [0.1, 0.15) is 28.0 Å². The van der Waals surface area contributed by atoms with Crippen molar-refractivity contribution in [1.82, 2.24) is 14.7 Å². The van der Waals surface area contributed by atoms with Gasteiger partial charge in [-0.25, -0.2) is 4.68 Å². The van der Waals surface area contributed by atoms with Crippen LogP contribution in [0.4, 0.5) is 11.4 Å². The minimum absolute atomic E-state index is 0.0422. The molecule has 0 bridgehead atoms. The summed E-state index contributed by atoms with van der Waals surface area (Å²) >= 11 is 5.96. The molecule has 2 amide bonds. The summed E-state index contributed by atoms with van der Waals surface area (Å²) in [5, 5.41) is 7.69. The Morgan fingerprint density at radius 1 is 0.943 bits per heavy atom. The van der Waals surface area contributed by atoms with Gasteiger partial charge in [-0.15, -0.1) is 0 Å². The fourth-order valence-electron chi connectivity index (χ4n) is 3.97. The van der Waals surface area contributed by atoms with Gasteiger partial charge in [-0.3, -0.25) is 14.4 Å². The van der Waals surface area contributed by atoms with Gasteiger partial charge < -0.3 is 15.1 Å². The number of hydrogen-bond acceptors (Lipinski definition) is 5. The van der Waals surface area contributed by atoms with Crippen LogP contribution in [0.3, 0.4) is 0 Å². The number of amides is 2. The number of halogens is 1. The molecule has 0 unspecified atom stereocenters. The van der Waals surface area contributed by atoms with Gasteiger partial charge in [0.25, 0.3) is 11.5 Å². The van der Waals surface area contributed by atoms with Crippen molar-refractivity contribution in [3.05, 3.63) is 86.8 Å². The summed E-state index contributed by atoms with van der Waals surface area (Å²) in [6, 6.07) is 16.0. The predicted molar refractivity (Wildman–Crippen MR) is 137 cm³/mol. The number of benzene rings is 2. The number of piperazine rings is 1. The average molecular weight is 494 g/mol. The first-order valence-electron chi connectivity index (χ1n) is 11.6. The van der Waals surface area contributed by atoms with Crippen LogP contribution in [0.5, 0.6) is 0 Å². The van der Waals surface area contributed by atoms with E-state index in [4.69, 9.17) is 11.6 Å². The van der Waals surface area contributed by atoms with Crippen LogP contribution in [0.15, 0.2) is 59.4 Å². The van der Waals surface area contributed by atoms with Crippen LogP contribution >= 0.6 is 11.6 Å². The summed E-state index contributed by atoms with van der Waals surface area (Å²) in [5.41, 5.74) is 3.69. The van der Waals surface area contributed by atoms with Crippen LogP contribution in [-0.2, 0) is 11.3 Å². The van der Waals surface area contributed by atoms with E-state index in [2.05, 4.69) is 15.3 Å². The van der Waals surface area contributed by atoms with Crippen LogP contribution in [0, 0.1) is 13.8 Å². The van der Waals surface area contributed by atoms with E-state index in [1.165, 1.54) is 16.8 Å². The lowest BCUT2D eigenvalue weighted by Gasteiger charge is -2.36. The zero-order valence-corrected chi connectivity index (χ0v) is 20.6. The van der Waals surface area contributed by atoms with Gasteiger partial charge in [0.15, 0.2) is 0 Å². The molecule has 182 valence electrons. The standard InChI is InChI=1S/C26H28ClN5O3/c1-18-3-6-21(17-19(18)2)28-26(35)23-9-10-25(34)32(29-23)12-11-24(33)31-15-13-30(14-16-31)22-7-4-20(27)5-8-22/h3-10,17H,11-16H2,1-2H3,(H,28,35). The first-order valence-corrected chi connectivity index (χ1v) is 11.9. The lowest BCUT2D eigenvalue weighted by molar-refractivity contribution is -0.131. The summed E-state index contributed by atoms with van der Waals surface area (Å²) in [7, 11) is 0. The summed E-state index contributed by atoms with van der Waals surface area (Å²) in [4.78, 5) is 41.7. The van der Waals surface area contributed by atoms with Gasteiger partial charge in [-0.1, -0.05) is 17.7 Å². The Morgan fingerprint density at radius 3 is 2.34 bits per heavy atom. The molecule has 1 saturated heterocycles. The molecule has 35 heavy (non-hydrogen) atoms. The molecular weight excluding hydrogens is 466 g/mol. The van der Waals surface area contributed by atoms with E-state index in [0.717, 1.165) is 29.9 Å². The summed E-state index contributed by atoms with van der Waals surface area (Å²) in [5.74, 6) is -0.453. The molecule has 0 aliphatic carbocycles. The maximum absolute atomic E-state index is 12.8. The van der Waals surface area contributed by atoms with E-state index >= 15 is 0 Å². The normalized spacial score (nSPS) is 13.6. The van der Waals surface area contributed by atoms with E-state index in [0.29, 0.717) is 23.8 Å². The summed E-state index contributed by atoms with van der Waals surface area (Å²) in [6.07, 6.45) is 0.135. The van der Waals surface area contributed by atoms with Crippen molar-refractivity contribution >= 4 is 34.8 Å². The minimum Gasteiger partial charge on any atom is -0.368 e. The van der Waals surface area contributed by atoms with Crippen LogP contribution in [0.2, 0.25) is 5.02 Å². The van der Waals surface area contributed by atoms with Crippen molar-refractivity contribution in [2.24, 2.45) is 0 Å². The van der Waals surface area contributed by atoms with E-state index < -0.39 is 5.91 Å². The maximum atomic E-state index is 12.8. The molecular formula is C26H28ClN5O3. The third kappa shape index (κ3) is 6.08. The second-order valence-electron chi connectivity index (χ2n) is 8.63. The van der Waals surface area contributed by atoms with Gasteiger partial charge in [-0.2, -0.15) is 5.10 Å². The van der Waals surface area contributed by atoms with Gasteiger partial charge in [-0.05, 0) is 67.4 Å². The van der Waals surface area contributed by atoms with Gasteiger partial charge in [0.1, 0.15) is 5.69 Å². The molecule has 0 atom stereocenters. The van der Waals surface area contributed by atoms with E-state index in [1.54, 1.807) is 4.90 Å². The molecule has 1 N–H and O–H groups in total. The number of nitrogens with zero attached hydrogens (tertiary/aromatic N) is 4. The summed E-state index contributed by atoms with van der Waals surface area (Å²) < 4.78 is 1.18.